The molecule has 0 aliphatic carbocycles. The molecule has 0 bridgehead atoms. The number of carbonyl (C=O) groups is 1. The Morgan fingerprint density at radius 3 is 2.00 bits per heavy atom. The zero-order valence-electron chi connectivity index (χ0n) is 9.16. The molecule has 6 heteroatoms. The van der Waals surface area contributed by atoms with Crippen molar-refractivity contribution in [2.75, 3.05) is 0 Å². The molecule has 16 heavy (non-hydrogen) atoms. The first-order valence-electron chi connectivity index (χ1n) is 4.60. The molecule has 1 N–H and O–H groups in total. The van der Waals surface area contributed by atoms with Gasteiger partial charge in [0, 0.05) is 19.3 Å². The van der Waals surface area contributed by atoms with Gasteiger partial charge >= 0.3 is 5.97 Å². The summed E-state index contributed by atoms with van der Waals surface area (Å²) in [6.07, 6.45) is 1.90. The summed E-state index contributed by atoms with van der Waals surface area (Å²) < 4.78 is 25.7. The number of halogens is 2. The topological polar surface area (TPSA) is 63.1 Å². The molecule has 0 aromatic carbocycles. The van der Waals surface area contributed by atoms with Gasteiger partial charge < -0.3 is 5.11 Å². The van der Waals surface area contributed by atoms with Crippen LogP contribution in [-0.2, 0) is 16.1 Å². The van der Waals surface area contributed by atoms with E-state index < -0.39 is 17.3 Å². The number of aliphatic carboxylic acids is 1. The van der Waals surface area contributed by atoms with Crippen LogP contribution in [0.5, 0.6) is 0 Å². The van der Waals surface area contributed by atoms with E-state index in [0.717, 1.165) is 19.3 Å². The van der Waals surface area contributed by atoms with Gasteiger partial charge in [0.2, 0.25) is 0 Å². The molecule has 1 aromatic rings. The number of hydrogen-bond acceptors (Lipinski definition) is 3. The normalized spacial score (nSPS) is 12.6. The first kappa shape index (κ1) is 12.5. The summed E-state index contributed by atoms with van der Waals surface area (Å²) in [5.74, 6) is -4.12. The molecule has 4 nitrogen and oxygen atoms in total. The van der Waals surface area contributed by atoms with Crippen LogP contribution in [0.15, 0.2) is 12.4 Å². The summed E-state index contributed by atoms with van der Waals surface area (Å²) in [4.78, 5) is 18.2. The maximum atomic E-state index is 12.8. The average Bonchev–Trinajstić information content (AvgIpc) is 2.16. The Hall–Kier alpha value is -1.59. The van der Waals surface area contributed by atoms with Crippen LogP contribution >= 0.6 is 0 Å². The molecule has 0 unspecified atom stereocenters. The van der Waals surface area contributed by atoms with Gasteiger partial charge in [0.15, 0.2) is 0 Å². The van der Waals surface area contributed by atoms with Crippen molar-refractivity contribution in [3.8, 4) is 0 Å². The Bertz CT molecular complexity index is 396. The third kappa shape index (κ3) is 2.32. The van der Waals surface area contributed by atoms with Crippen molar-refractivity contribution < 1.29 is 18.7 Å². The molecule has 0 fully saturated rings. The Labute approximate surface area is 91.3 Å². The van der Waals surface area contributed by atoms with Crippen molar-refractivity contribution in [1.82, 2.24) is 9.97 Å². The van der Waals surface area contributed by atoms with E-state index in [4.69, 9.17) is 5.11 Å². The number of nitrogens with zero attached hydrogens (tertiary/aromatic N) is 2. The van der Waals surface area contributed by atoms with E-state index in [0.29, 0.717) is 0 Å². The highest BCUT2D eigenvalue weighted by Crippen LogP contribution is 2.27. The number of rotatable bonds is 3. The van der Waals surface area contributed by atoms with Gasteiger partial charge in [-0.2, -0.15) is 0 Å². The van der Waals surface area contributed by atoms with Gasteiger partial charge in [0.05, 0.1) is 5.56 Å². The standard InChI is InChI=1S/C10H12F2N2O2/c1-9(2,8(15)16)7-13-4-6(5-14-7)10(3,11)12/h4-5H,1-3H3,(H,15,16). The van der Waals surface area contributed by atoms with Crippen LogP contribution in [0, 0.1) is 0 Å². The summed E-state index contributed by atoms with van der Waals surface area (Å²) in [6.45, 7) is 3.55. The van der Waals surface area contributed by atoms with Crippen LogP contribution in [-0.4, -0.2) is 21.0 Å². The highest BCUT2D eigenvalue weighted by Gasteiger charge is 2.33. The molecule has 0 saturated heterocycles. The van der Waals surface area contributed by atoms with Crippen LogP contribution in [0.1, 0.15) is 32.2 Å². The molecule has 0 spiro atoms. The molecule has 0 amide bonds. The van der Waals surface area contributed by atoms with Gasteiger partial charge in [0.25, 0.3) is 5.92 Å². The second kappa shape index (κ2) is 3.77. The SMILES string of the molecule is CC(F)(F)c1cnc(C(C)(C)C(=O)O)nc1. The van der Waals surface area contributed by atoms with Crippen molar-refractivity contribution in [3.63, 3.8) is 0 Å². The van der Waals surface area contributed by atoms with Gasteiger partial charge in [0.1, 0.15) is 11.2 Å². The Balaban J connectivity index is 3.09. The second-order valence-electron chi connectivity index (χ2n) is 4.11. The number of alkyl halides is 2. The number of carboxylic acid groups (broad SMARTS) is 1. The van der Waals surface area contributed by atoms with Gasteiger partial charge in [-0.1, -0.05) is 0 Å². The monoisotopic (exact) mass is 230 g/mol. The Morgan fingerprint density at radius 2 is 1.69 bits per heavy atom. The minimum atomic E-state index is -3.02. The quantitative estimate of drug-likeness (QED) is 0.862. The van der Waals surface area contributed by atoms with E-state index in [1.807, 2.05) is 0 Å². The lowest BCUT2D eigenvalue weighted by atomic mass is 9.92. The Morgan fingerprint density at radius 1 is 1.25 bits per heavy atom. The minimum Gasteiger partial charge on any atom is -0.481 e. The molecule has 0 atom stereocenters. The van der Waals surface area contributed by atoms with E-state index in [1.165, 1.54) is 13.8 Å². The van der Waals surface area contributed by atoms with Crippen molar-refractivity contribution in [3.05, 3.63) is 23.8 Å². The number of hydrogen-bond donors (Lipinski definition) is 1. The molecule has 0 saturated carbocycles. The van der Waals surface area contributed by atoms with Gasteiger partial charge in [-0.05, 0) is 13.8 Å². The lowest BCUT2D eigenvalue weighted by Gasteiger charge is -2.18. The summed E-state index contributed by atoms with van der Waals surface area (Å²) in [5.41, 5.74) is -1.63. The average molecular weight is 230 g/mol. The second-order valence-corrected chi connectivity index (χ2v) is 4.11. The highest BCUT2D eigenvalue weighted by molar-refractivity contribution is 5.78. The largest absolute Gasteiger partial charge is 0.481 e. The number of aromatic nitrogens is 2. The summed E-state index contributed by atoms with van der Waals surface area (Å²) in [7, 11) is 0. The molecule has 0 aliphatic rings. The molecular weight excluding hydrogens is 218 g/mol. The molecule has 1 heterocycles. The minimum absolute atomic E-state index is 0.00741. The van der Waals surface area contributed by atoms with E-state index in [-0.39, 0.29) is 11.4 Å². The fraction of sp³-hybridized carbons (Fsp3) is 0.500. The van der Waals surface area contributed by atoms with Crippen LogP contribution in [0.3, 0.4) is 0 Å². The molecule has 0 aliphatic heterocycles. The van der Waals surface area contributed by atoms with E-state index in [2.05, 4.69) is 9.97 Å². The van der Waals surface area contributed by atoms with Crippen molar-refractivity contribution in [1.29, 1.82) is 0 Å². The smallest absolute Gasteiger partial charge is 0.316 e. The van der Waals surface area contributed by atoms with E-state index in [9.17, 15) is 13.6 Å². The van der Waals surface area contributed by atoms with E-state index in [1.54, 1.807) is 0 Å². The third-order valence-electron chi connectivity index (χ3n) is 2.25. The van der Waals surface area contributed by atoms with Crippen LogP contribution in [0.4, 0.5) is 8.78 Å². The maximum Gasteiger partial charge on any atom is 0.316 e. The molecule has 1 aromatic heterocycles. The summed E-state index contributed by atoms with van der Waals surface area (Å²) in [5, 5.41) is 8.90. The first-order valence-corrected chi connectivity index (χ1v) is 4.60. The molecular formula is C10H12F2N2O2. The van der Waals surface area contributed by atoms with Crippen molar-refractivity contribution >= 4 is 5.97 Å². The fourth-order valence-corrected chi connectivity index (χ4v) is 0.973. The predicted molar refractivity (Wildman–Crippen MR) is 52.3 cm³/mol. The fourth-order valence-electron chi connectivity index (χ4n) is 0.973. The summed E-state index contributed by atoms with van der Waals surface area (Å²) in [6, 6.07) is 0. The maximum absolute atomic E-state index is 12.8. The first-order chi connectivity index (χ1) is 7.15. The third-order valence-corrected chi connectivity index (χ3v) is 2.25. The summed E-state index contributed by atoms with van der Waals surface area (Å²) >= 11 is 0. The highest BCUT2D eigenvalue weighted by atomic mass is 19.3. The lowest BCUT2D eigenvalue weighted by Crippen LogP contribution is -2.31. The molecule has 0 radical (unpaired) electrons. The van der Waals surface area contributed by atoms with Crippen molar-refractivity contribution in [2.45, 2.75) is 32.1 Å². The number of carboxylic acids is 1. The molecule has 88 valence electrons. The zero-order chi connectivity index (χ0) is 12.6. The van der Waals surface area contributed by atoms with Crippen molar-refractivity contribution in [2.24, 2.45) is 0 Å². The van der Waals surface area contributed by atoms with Gasteiger partial charge in [-0.15, -0.1) is 0 Å². The van der Waals surface area contributed by atoms with E-state index >= 15 is 0 Å². The predicted octanol–water partition coefficient (Wildman–Crippen LogP) is 1.95. The van der Waals surface area contributed by atoms with Gasteiger partial charge in [-0.3, -0.25) is 4.79 Å². The molecule has 1 rings (SSSR count). The Kier molecular flexibility index (Phi) is 2.94. The zero-order valence-corrected chi connectivity index (χ0v) is 9.16. The van der Waals surface area contributed by atoms with Crippen LogP contribution < -0.4 is 0 Å². The van der Waals surface area contributed by atoms with Gasteiger partial charge in [-0.25, -0.2) is 18.7 Å². The van der Waals surface area contributed by atoms with Crippen LogP contribution in [0.25, 0.3) is 0 Å². The van der Waals surface area contributed by atoms with Crippen LogP contribution in [0.2, 0.25) is 0 Å². The lowest BCUT2D eigenvalue weighted by molar-refractivity contribution is -0.142.